The normalized spacial score (nSPS) is 15.6. The first-order chi connectivity index (χ1) is 15.0. The Labute approximate surface area is 184 Å². The van der Waals surface area contributed by atoms with Gasteiger partial charge in [-0.3, -0.25) is 9.59 Å². The van der Waals surface area contributed by atoms with Gasteiger partial charge in [0.2, 0.25) is 32.0 Å². The van der Waals surface area contributed by atoms with Gasteiger partial charge < -0.3 is 10.2 Å². The number of carbonyl (C=O) groups is 2. The van der Waals surface area contributed by atoms with Gasteiger partial charge in [0.05, 0.1) is 4.90 Å². The van der Waals surface area contributed by atoms with E-state index in [4.69, 9.17) is 0 Å². The zero-order chi connectivity index (χ0) is 23.5. The number of carbonyl (C=O) groups excluding carboxylic acids is 2. The largest absolute Gasteiger partial charge is 0.445 e. The van der Waals surface area contributed by atoms with E-state index in [0.717, 1.165) is 24.3 Å². The highest BCUT2D eigenvalue weighted by molar-refractivity contribution is 7.89. The zero-order valence-corrected chi connectivity index (χ0v) is 17.9. The minimum atomic E-state index is -4.66. The maximum atomic E-state index is 13.0. The quantitative estimate of drug-likeness (QED) is 0.613. The highest BCUT2D eigenvalue weighted by Gasteiger charge is 2.36. The number of aromatic nitrogens is 2. The molecule has 0 aliphatic carbocycles. The lowest BCUT2D eigenvalue weighted by Crippen LogP contribution is -2.50. The van der Waals surface area contributed by atoms with E-state index in [1.54, 1.807) is 0 Å². The Hall–Kier alpha value is -2.65. The van der Waals surface area contributed by atoms with E-state index in [1.807, 2.05) is 0 Å². The summed E-state index contributed by atoms with van der Waals surface area (Å²) in [5.41, 5.74) is 0. The second kappa shape index (κ2) is 9.46. The molecule has 0 spiro atoms. The summed E-state index contributed by atoms with van der Waals surface area (Å²) in [6.07, 6.45) is -5.15. The van der Waals surface area contributed by atoms with Crippen molar-refractivity contribution >= 4 is 38.3 Å². The number of hydrogen-bond acceptors (Lipinski definition) is 7. The van der Waals surface area contributed by atoms with E-state index in [2.05, 4.69) is 15.5 Å². The molecule has 1 aliphatic rings. The van der Waals surface area contributed by atoms with Gasteiger partial charge in [0.1, 0.15) is 5.82 Å². The monoisotopic (exact) mass is 495 g/mol. The topological polar surface area (TPSA) is 113 Å². The number of nitrogens with zero attached hydrogens (tertiary/aromatic N) is 4. The van der Waals surface area contributed by atoms with Crippen molar-refractivity contribution in [3.8, 4) is 0 Å². The summed E-state index contributed by atoms with van der Waals surface area (Å²) in [5.74, 6) is -1.65. The third-order valence-electron chi connectivity index (χ3n) is 4.52. The lowest BCUT2D eigenvalue weighted by atomic mass is 10.2. The molecule has 32 heavy (non-hydrogen) atoms. The molecular formula is C17H17F4N5O4S2. The van der Waals surface area contributed by atoms with Crippen molar-refractivity contribution in [3.63, 3.8) is 0 Å². The average molecular weight is 495 g/mol. The summed E-state index contributed by atoms with van der Waals surface area (Å²) in [6.45, 7) is 0.268. The van der Waals surface area contributed by atoms with Crippen LogP contribution in [0.1, 0.15) is 17.8 Å². The Morgan fingerprint density at radius 1 is 1.03 bits per heavy atom. The van der Waals surface area contributed by atoms with Gasteiger partial charge in [0.15, 0.2) is 0 Å². The van der Waals surface area contributed by atoms with Gasteiger partial charge in [-0.15, -0.1) is 10.2 Å². The van der Waals surface area contributed by atoms with E-state index in [-0.39, 0.29) is 60.4 Å². The fourth-order valence-electron chi connectivity index (χ4n) is 2.88. The fraction of sp³-hybridized carbons (Fsp3) is 0.412. The molecule has 3 rings (SSSR count). The summed E-state index contributed by atoms with van der Waals surface area (Å²) in [7, 11) is -3.82. The van der Waals surface area contributed by atoms with Gasteiger partial charge >= 0.3 is 6.18 Å². The van der Waals surface area contributed by atoms with Crippen LogP contribution in [0.5, 0.6) is 0 Å². The predicted octanol–water partition coefficient (Wildman–Crippen LogP) is 1.95. The van der Waals surface area contributed by atoms with Crippen molar-refractivity contribution in [2.45, 2.75) is 23.9 Å². The van der Waals surface area contributed by atoms with Crippen LogP contribution in [0.3, 0.4) is 0 Å². The Balaban J connectivity index is 1.46. The van der Waals surface area contributed by atoms with Gasteiger partial charge in [0.25, 0.3) is 0 Å². The molecule has 1 aliphatic heterocycles. The van der Waals surface area contributed by atoms with Crippen LogP contribution in [-0.4, -0.2) is 65.8 Å². The average Bonchev–Trinajstić information content (AvgIpc) is 3.21. The number of alkyl halides is 3. The molecule has 0 radical (unpaired) electrons. The highest BCUT2D eigenvalue weighted by atomic mass is 32.2. The molecule has 1 saturated heterocycles. The van der Waals surface area contributed by atoms with E-state index in [9.17, 15) is 35.6 Å². The van der Waals surface area contributed by atoms with E-state index >= 15 is 0 Å². The summed E-state index contributed by atoms with van der Waals surface area (Å²) < 4.78 is 76.9. The van der Waals surface area contributed by atoms with Crippen molar-refractivity contribution in [3.05, 3.63) is 35.1 Å². The molecular weight excluding hydrogens is 478 g/mol. The fourth-order valence-corrected chi connectivity index (χ4v) is 4.93. The highest BCUT2D eigenvalue weighted by Crippen LogP contribution is 2.33. The summed E-state index contributed by atoms with van der Waals surface area (Å²) >= 11 is 0.174. The van der Waals surface area contributed by atoms with Crippen LogP contribution in [0.25, 0.3) is 0 Å². The van der Waals surface area contributed by atoms with Gasteiger partial charge in [-0.25, -0.2) is 12.8 Å². The molecule has 15 heteroatoms. The number of amides is 2. The Morgan fingerprint density at radius 2 is 1.66 bits per heavy atom. The molecule has 2 amide bonds. The van der Waals surface area contributed by atoms with Crippen molar-refractivity contribution < 1.29 is 35.6 Å². The molecule has 0 bridgehead atoms. The Morgan fingerprint density at radius 3 is 2.22 bits per heavy atom. The molecule has 0 saturated carbocycles. The van der Waals surface area contributed by atoms with Gasteiger partial charge in [-0.1, -0.05) is 11.3 Å². The molecule has 0 unspecified atom stereocenters. The van der Waals surface area contributed by atoms with Crippen LogP contribution >= 0.6 is 11.3 Å². The number of piperazine rings is 1. The maximum absolute atomic E-state index is 13.0. The number of nitrogens with one attached hydrogen (secondary N) is 1. The van der Waals surface area contributed by atoms with Crippen molar-refractivity contribution in [1.82, 2.24) is 19.4 Å². The number of sulfonamides is 1. The van der Waals surface area contributed by atoms with Crippen LogP contribution < -0.4 is 5.32 Å². The lowest BCUT2D eigenvalue weighted by Gasteiger charge is -2.34. The predicted molar refractivity (Wildman–Crippen MR) is 105 cm³/mol. The van der Waals surface area contributed by atoms with Crippen LogP contribution in [0.4, 0.5) is 22.7 Å². The number of halogens is 4. The summed E-state index contributed by atoms with van der Waals surface area (Å²) in [4.78, 5) is 25.5. The van der Waals surface area contributed by atoms with Crippen molar-refractivity contribution in [1.29, 1.82) is 0 Å². The van der Waals surface area contributed by atoms with Crippen molar-refractivity contribution in [2.24, 2.45) is 0 Å². The van der Waals surface area contributed by atoms with Crippen LogP contribution in [0.2, 0.25) is 0 Å². The third kappa shape index (κ3) is 5.77. The summed E-state index contributed by atoms with van der Waals surface area (Å²) in [5, 5.41) is 6.82. The van der Waals surface area contributed by atoms with Crippen molar-refractivity contribution in [2.75, 3.05) is 31.5 Å². The Bertz CT molecular complexity index is 1080. The van der Waals surface area contributed by atoms with Gasteiger partial charge in [-0.05, 0) is 24.3 Å². The first kappa shape index (κ1) is 24.0. The molecule has 9 nitrogen and oxygen atoms in total. The number of anilines is 1. The van der Waals surface area contributed by atoms with Gasteiger partial charge in [0, 0.05) is 39.0 Å². The molecule has 1 fully saturated rings. The Kier molecular flexibility index (Phi) is 7.09. The zero-order valence-electron chi connectivity index (χ0n) is 16.3. The van der Waals surface area contributed by atoms with Crippen LogP contribution in [0, 0.1) is 5.82 Å². The molecule has 0 atom stereocenters. The minimum Gasteiger partial charge on any atom is -0.340 e. The number of hydrogen-bond donors (Lipinski definition) is 1. The van der Waals surface area contributed by atoms with Gasteiger partial charge in [-0.2, -0.15) is 17.5 Å². The first-order valence-corrected chi connectivity index (χ1v) is 11.5. The van der Waals surface area contributed by atoms with E-state index in [0.29, 0.717) is 0 Å². The first-order valence-electron chi connectivity index (χ1n) is 9.21. The van der Waals surface area contributed by atoms with E-state index < -0.39 is 38.8 Å². The SMILES string of the molecule is O=C(CCC(=O)N1CCN(S(=O)(=O)c2ccc(F)cc2)CC1)Nc1nnc(C(F)(F)F)s1. The smallest absolute Gasteiger partial charge is 0.340 e. The van der Waals surface area contributed by atoms with Crippen LogP contribution in [-0.2, 0) is 25.8 Å². The molecule has 1 N–H and O–H groups in total. The lowest BCUT2D eigenvalue weighted by molar-refractivity contribution is -0.138. The maximum Gasteiger partial charge on any atom is 0.445 e. The summed E-state index contributed by atoms with van der Waals surface area (Å²) in [6, 6.07) is 4.42. The molecule has 2 heterocycles. The third-order valence-corrected chi connectivity index (χ3v) is 7.32. The molecule has 174 valence electrons. The minimum absolute atomic E-state index is 0.0304. The molecule has 1 aromatic heterocycles. The standard InChI is InChI=1S/C17H17F4N5O4S2/c18-11-1-3-12(4-2-11)32(29,30)26-9-7-25(8-10-26)14(28)6-5-13(27)22-16-24-23-15(31-16)17(19,20)21/h1-4H,5-10H2,(H,22,24,27). The molecule has 2 aromatic rings. The molecule has 1 aromatic carbocycles. The number of benzene rings is 1. The van der Waals surface area contributed by atoms with E-state index in [1.165, 1.54) is 9.21 Å². The second-order valence-electron chi connectivity index (χ2n) is 6.70. The van der Waals surface area contributed by atoms with Crippen LogP contribution in [0.15, 0.2) is 29.2 Å². The number of rotatable bonds is 6. The second-order valence-corrected chi connectivity index (χ2v) is 9.61.